The highest BCUT2D eigenvalue weighted by Crippen LogP contribution is 2.15. The van der Waals surface area contributed by atoms with Gasteiger partial charge in [-0.2, -0.15) is 0 Å². The molecule has 0 aromatic carbocycles. The first kappa shape index (κ1) is 12.3. The lowest BCUT2D eigenvalue weighted by Gasteiger charge is -2.26. The smallest absolute Gasteiger partial charge is 0.107 e. The molecule has 1 saturated heterocycles. The van der Waals surface area contributed by atoms with E-state index in [1.165, 1.54) is 0 Å². The molecular formula is C14H19N5. The van der Waals surface area contributed by atoms with E-state index < -0.39 is 0 Å². The minimum atomic E-state index is 0.972. The molecule has 5 nitrogen and oxygen atoms in total. The molecule has 2 aromatic rings. The molecule has 2 N–H and O–H groups in total. The molecule has 0 saturated carbocycles. The van der Waals surface area contributed by atoms with Crippen LogP contribution < -0.4 is 5.32 Å². The van der Waals surface area contributed by atoms with Gasteiger partial charge in [0.05, 0.1) is 11.9 Å². The fraction of sp³-hybridized carbons (Fsp3) is 0.429. The molecule has 1 aliphatic rings. The molecule has 0 aliphatic carbocycles. The van der Waals surface area contributed by atoms with E-state index in [0.29, 0.717) is 0 Å². The van der Waals surface area contributed by atoms with Crippen molar-refractivity contribution in [2.75, 3.05) is 32.7 Å². The lowest BCUT2D eigenvalue weighted by molar-refractivity contribution is 0.242. The van der Waals surface area contributed by atoms with Gasteiger partial charge in [-0.3, -0.25) is 4.98 Å². The predicted octanol–water partition coefficient (Wildman–Crippen LogP) is 0.919. The molecule has 1 aliphatic heterocycles. The zero-order chi connectivity index (χ0) is 12.9. The van der Waals surface area contributed by atoms with Gasteiger partial charge in [0.2, 0.25) is 0 Å². The zero-order valence-corrected chi connectivity index (χ0v) is 11.0. The van der Waals surface area contributed by atoms with Crippen LogP contribution in [0.3, 0.4) is 0 Å². The van der Waals surface area contributed by atoms with E-state index in [4.69, 9.17) is 0 Å². The summed E-state index contributed by atoms with van der Waals surface area (Å²) in [6, 6.07) is 3.98. The van der Waals surface area contributed by atoms with Gasteiger partial charge in [0, 0.05) is 57.1 Å². The molecule has 3 rings (SSSR count). The Labute approximate surface area is 113 Å². The van der Waals surface area contributed by atoms with Crippen LogP contribution in [-0.2, 0) is 6.42 Å². The molecule has 3 heterocycles. The van der Waals surface area contributed by atoms with Crippen LogP contribution in [-0.4, -0.2) is 52.6 Å². The van der Waals surface area contributed by atoms with Gasteiger partial charge in [0.25, 0.3) is 0 Å². The van der Waals surface area contributed by atoms with Gasteiger partial charge in [-0.25, -0.2) is 4.98 Å². The maximum Gasteiger partial charge on any atom is 0.107 e. The lowest BCUT2D eigenvalue weighted by Crippen LogP contribution is -2.44. The molecule has 0 radical (unpaired) electrons. The number of hydrogen-bond donors (Lipinski definition) is 2. The van der Waals surface area contributed by atoms with Crippen molar-refractivity contribution in [1.82, 2.24) is 25.2 Å². The van der Waals surface area contributed by atoms with Crippen LogP contribution >= 0.6 is 0 Å². The first-order valence-electron chi connectivity index (χ1n) is 6.79. The van der Waals surface area contributed by atoms with Crippen molar-refractivity contribution in [1.29, 1.82) is 0 Å². The van der Waals surface area contributed by atoms with E-state index in [2.05, 4.69) is 25.2 Å². The Morgan fingerprint density at radius 2 is 2.11 bits per heavy atom. The van der Waals surface area contributed by atoms with Crippen LogP contribution in [0.25, 0.3) is 11.3 Å². The van der Waals surface area contributed by atoms with Crippen LogP contribution in [0.15, 0.2) is 30.7 Å². The first-order valence-corrected chi connectivity index (χ1v) is 6.79. The number of aromatic amines is 1. The molecule has 0 unspecified atom stereocenters. The number of aromatic nitrogens is 3. The average Bonchev–Trinajstić information content (AvgIpc) is 2.96. The molecule has 0 bridgehead atoms. The summed E-state index contributed by atoms with van der Waals surface area (Å²) in [4.78, 5) is 14.4. The second-order valence-electron chi connectivity index (χ2n) is 4.83. The molecule has 5 heteroatoms. The maximum absolute atomic E-state index is 4.45. The predicted molar refractivity (Wildman–Crippen MR) is 74.8 cm³/mol. The maximum atomic E-state index is 4.45. The number of piperazine rings is 1. The van der Waals surface area contributed by atoms with Crippen LogP contribution in [0.1, 0.15) is 5.82 Å². The summed E-state index contributed by atoms with van der Waals surface area (Å²) in [7, 11) is 0. The third-order valence-corrected chi connectivity index (χ3v) is 3.48. The highest BCUT2D eigenvalue weighted by Gasteiger charge is 2.10. The van der Waals surface area contributed by atoms with Crippen molar-refractivity contribution in [3.05, 3.63) is 36.5 Å². The minimum absolute atomic E-state index is 0.972. The molecule has 100 valence electrons. The summed E-state index contributed by atoms with van der Waals surface area (Å²) in [5.41, 5.74) is 2.13. The number of pyridine rings is 1. The van der Waals surface area contributed by atoms with Crippen LogP contribution in [0.5, 0.6) is 0 Å². The van der Waals surface area contributed by atoms with Gasteiger partial charge in [-0.15, -0.1) is 0 Å². The van der Waals surface area contributed by atoms with E-state index in [1.807, 2.05) is 24.5 Å². The van der Waals surface area contributed by atoms with Gasteiger partial charge in [-0.05, 0) is 12.1 Å². The number of nitrogens with one attached hydrogen (secondary N) is 2. The summed E-state index contributed by atoms with van der Waals surface area (Å²) in [5, 5.41) is 3.37. The number of hydrogen-bond acceptors (Lipinski definition) is 4. The van der Waals surface area contributed by atoms with Crippen molar-refractivity contribution in [3.63, 3.8) is 0 Å². The molecule has 0 spiro atoms. The summed E-state index contributed by atoms with van der Waals surface area (Å²) >= 11 is 0. The Morgan fingerprint density at radius 1 is 1.21 bits per heavy atom. The second kappa shape index (κ2) is 5.95. The summed E-state index contributed by atoms with van der Waals surface area (Å²) in [6.45, 7) is 5.53. The van der Waals surface area contributed by atoms with E-state index in [1.54, 1.807) is 6.20 Å². The van der Waals surface area contributed by atoms with Crippen molar-refractivity contribution in [3.8, 4) is 11.3 Å². The Bertz CT molecular complexity index is 502. The topological polar surface area (TPSA) is 56.8 Å². The third kappa shape index (κ3) is 3.19. The van der Waals surface area contributed by atoms with Gasteiger partial charge in [-0.1, -0.05) is 0 Å². The quantitative estimate of drug-likeness (QED) is 0.855. The fourth-order valence-corrected chi connectivity index (χ4v) is 2.36. The number of rotatable bonds is 4. The van der Waals surface area contributed by atoms with Crippen molar-refractivity contribution in [2.24, 2.45) is 0 Å². The monoisotopic (exact) mass is 257 g/mol. The summed E-state index contributed by atoms with van der Waals surface area (Å²) in [6.07, 6.45) is 6.50. The normalized spacial score (nSPS) is 16.6. The lowest BCUT2D eigenvalue weighted by atomic mass is 10.2. The van der Waals surface area contributed by atoms with Crippen LogP contribution in [0, 0.1) is 0 Å². The van der Waals surface area contributed by atoms with Crippen molar-refractivity contribution >= 4 is 0 Å². The van der Waals surface area contributed by atoms with Gasteiger partial charge >= 0.3 is 0 Å². The number of H-pyrrole nitrogens is 1. The van der Waals surface area contributed by atoms with Gasteiger partial charge < -0.3 is 15.2 Å². The fourth-order valence-electron chi connectivity index (χ4n) is 2.36. The Morgan fingerprint density at radius 3 is 2.89 bits per heavy atom. The molecule has 0 amide bonds. The van der Waals surface area contributed by atoms with E-state index in [9.17, 15) is 0 Å². The minimum Gasteiger partial charge on any atom is -0.342 e. The van der Waals surface area contributed by atoms with Crippen molar-refractivity contribution in [2.45, 2.75) is 6.42 Å². The second-order valence-corrected chi connectivity index (χ2v) is 4.83. The average molecular weight is 257 g/mol. The molecule has 2 aromatic heterocycles. The van der Waals surface area contributed by atoms with E-state index in [0.717, 1.165) is 56.2 Å². The Hall–Kier alpha value is -1.72. The highest BCUT2D eigenvalue weighted by atomic mass is 15.2. The number of imidazole rings is 1. The molecule has 1 fully saturated rings. The highest BCUT2D eigenvalue weighted by molar-refractivity contribution is 5.56. The largest absolute Gasteiger partial charge is 0.342 e. The number of nitrogens with zero attached hydrogens (tertiary/aromatic N) is 3. The van der Waals surface area contributed by atoms with E-state index >= 15 is 0 Å². The summed E-state index contributed by atoms with van der Waals surface area (Å²) < 4.78 is 0. The summed E-state index contributed by atoms with van der Waals surface area (Å²) in [5.74, 6) is 1.05. The molecule has 19 heavy (non-hydrogen) atoms. The molecular weight excluding hydrogens is 238 g/mol. The van der Waals surface area contributed by atoms with Crippen LogP contribution in [0.2, 0.25) is 0 Å². The SMILES string of the molecule is c1cncc(-c2cnc(CCN3CCNCC3)[nH]2)c1. The van der Waals surface area contributed by atoms with Gasteiger partial charge in [0.15, 0.2) is 0 Å². The van der Waals surface area contributed by atoms with Crippen LogP contribution in [0.4, 0.5) is 0 Å². The zero-order valence-electron chi connectivity index (χ0n) is 11.0. The first-order chi connectivity index (χ1) is 9.42. The Kier molecular flexibility index (Phi) is 3.86. The van der Waals surface area contributed by atoms with Gasteiger partial charge in [0.1, 0.15) is 5.82 Å². The third-order valence-electron chi connectivity index (χ3n) is 3.48. The van der Waals surface area contributed by atoms with Crippen molar-refractivity contribution < 1.29 is 0 Å². The standard InChI is InChI=1S/C14H19N5/c1-2-12(10-16-4-1)13-11-17-14(18-13)3-7-19-8-5-15-6-9-19/h1-2,4,10-11,15H,3,5-9H2,(H,17,18). The Balaban J connectivity index is 1.59. The van der Waals surface area contributed by atoms with E-state index in [-0.39, 0.29) is 0 Å². The molecule has 0 atom stereocenters.